The SMILES string of the molecule is CCOC(=O)C1CCN(C(=O)OC(C)(C)C)C1c1cc#ccc1SC1CC1. The van der Waals surface area contributed by atoms with E-state index in [1.54, 1.807) is 23.6 Å². The van der Waals surface area contributed by atoms with E-state index in [2.05, 4.69) is 12.1 Å². The smallest absolute Gasteiger partial charge is 0.410 e. The van der Waals surface area contributed by atoms with Crippen LogP contribution in [-0.2, 0) is 14.3 Å². The summed E-state index contributed by atoms with van der Waals surface area (Å²) in [7, 11) is 0. The largest absolute Gasteiger partial charge is 0.466 e. The number of hydrogen-bond donors (Lipinski definition) is 0. The van der Waals surface area contributed by atoms with Gasteiger partial charge in [-0.2, -0.15) is 0 Å². The Balaban J connectivity index is 1.93. The molecule has 0 spiro atoms. The molecule has 0 N–H and O–H groups in total. The highest BCUT2D eigenvalue weighted by molar-refractivity contribution is 8.00. The summed E-state index contributed by atoms with van der Waals surface area (Å²) in [5.41, 5.74) is 0.346. The van der Waals surface area contributed by atoms with E-state index in [4.69, 9.17) is 9.47 Å². The monoisotopic (exact) mass is 389 g/mol. The van der Waals surface area contributed by atoms with Crippen LogP contribution in [0.1, 0.15) is 58.6 Å². The van der Waals surface area contributed by atoms with Crippen LogP contribution in [0.5, 0.6) is 0 Å². The predicted molar refractivity (Wildman–Crippen MR) is 103 cm³/mol. The highest BCUT2D eigenvalue weighted by atomic mass is 32.2. The number of likely N-dealkylation sites (tertiary alicyclic amines) is 1. The molecule has 0 radical (unpaired) electrons. The van der Waals surface area contributed by atoms with Gasteiger partial charge >= 0.3 is 12.1 Å². The van der Waals surface area contributed by atoms with Crippen molar-refractivity contribution in [1.29, 1.82) is 0 Å². The third-order valence-corrected chi connectivity index (χ3v) is 5.96. The summed E-state index contributed by atoms with van der Waals surface area (Å²) < 4.78 is 10.9. The van der Waals surface area contributed by atoms with Crippen LogP contribution in [0, 0.1) is 18.1 Å². The quantitative estimate of drug-likeness (QED) is 0.699. The van der Waals surface area contributed by atoms with Gasteiger partial charge in [0.1, 0.15) is 5.60 Å². The topological polar surface area (TPSA) is 55.8 Å². The molecule has 1 heterocycles. The highest BCUT2D eigenvalue weighted by Gasteiger charge is 2.45. The van der Waals surface area contributed by atoms with Crippen LogP contribution in [0.15, 0.2) is 17.0 Å². The van der Waals surface area contributed by atoms with E-state index in [0.717, 1.165) is 10.5 Å². The maximum Gasteiger partial charge on any atom is 0.410 e. The van der Waals surface area contributed by atoms with Crippen molar-refractivity contribution in [2.45, 2.75) is 68.7 Å². The van der Waals surface area contributed by atoms with Crippen molar-refractivity contribution in [2.75, 3.05) is 13.2 Å². The fourth-order valence-corrected chi connectivity index (χ4v) is 4.45. The van der Waals surface area contributed by atoms with Gasteiger partial charge in [-0.1, -0.05) is 12.1 Å². The molecule has 1 aromatic rings. The lowest BCUT2D eigenvalue weighted by atomic mass is 9.94. The molecule has 1 amide bonds. The van der Waals surface area contributed by atoms with Gasteiger partial charge in [-0.15, -0.1) is 11.8 Å². The summed E-state index contributed by atoms with van der Waals surface area (Å²) >= 11 is 1.79. The fourth-order valence-electron chi connectivity index (χ4n) is 3.28. The second-order valence-electron chi connectivity index (χ2n) is 7.98. The van der Waals surface area contributed by atoms with Gasteiger partial charge in [-0.05, 0) is 58.6 Å². The first-order valence-corrected chi connectivity index (χ1v) is 10.4. The Labute approximate surface area is 165 Å². The minimum Gasteiger partial charge on any atom is -0.466 e. The van der Waals surface area contributed by atoms with E-state index in [1.165, 1.54) is 12.8 Å². The normalized spacial score (nSPS) is 22.3. The fraction of sp³-hybridized carbons (Fsp3) is 0.619. The van der Waals surface area contributed by atoms with Crippen molar-refractivity contribution in [3.05, 3.63) is 29.8 Å². The third-order valence-electron chi connectivity index (χ3n) is 4.55. The maximum absolute atomic E-state index is 12.8. The van der Waals surface area contributed by atoms with Crippen LogP contribution in [0.2, 0.25) is 0 Å². The van der Waals surface area contributed by atoms with Crippen LogP contribution in [0.4, 0.5) is 4.79 Å². The average Bonchev–Trinajstić information content (AvgIpc) is 3.28. The lowest BCUT2D eigenvalue weighted by Gasteiger charge is -2.31. The van der Waals surface area contributed by atoms with Crippen LogP contribution < -0.4 is 0 Å². The Morgan fingerprint density at radius 2 is 1.93 bits per heavy atom. The molecule has 3 rings (SSSR count). The van der Waals surface area contributed by atoms with Gasteiger partial charge in [0.05, 0.1) is 18.6 Å². The molecule has 1 saturated heterocycles. The van der Waals surface area contributed by atoms with Crippen molar-refractivity contribution in [3.8, 4) is 0 Å². The van der Waals surface area contributed by atoms with Crippen molar-refractivity contribution in [3.63, 3.8) is 0 Å². The second kappa shape index (κ2) is 8.02. The molecule has 2 aliphatic rings. The van der Waals surface area contributed by atoms with Crippen molar-refractivity contribution < 1.29 is 19.1 Å². The molecule has 27 heavy (non-hydrogen) atoms. The van der Waals surface area contributed by atoms with Gasteiger partial charge in [0.25, 0.3) is 0 Å². The summed E-state index contributed by atoms with van der Waals surface area (Å²) in [5.74, 6) is -0.657. The number of ether oxygens (including phenoxy) is 2. The van der Waals surface area contributed by atoms with Crippen molar-refractivity contribution in [1.82, 2.24) is 4.90 Å². The molecule has 0 bridgehead atoms. The first-order valence-electron chi connectivity index (χ1n) is 9.54. The Kier molecular flexibility index (Phi) is 5.90. The minimum atomic E-state index is -0.591. The number of rotatable bonds is 5. The summed E-state index contributed by atoms with van der Waals surface area (Å²) in [6.45, 7) is 8.13. The van der Waals surface area contributed by atoms with Gasteiger partial charge in [0, 0.05) is 22.8 Å². The molecule has 1 aromatic carbocycles. The van der Waals surface area contributed by atoms with E-state index < -0.39 is 23.7 Å². The van der Waals surface area contributed by atoms with Gasteiger partial charge < -0.3 is 14.4 Å². The molecule has 1 aliphatic heterocycles. The molecular weight excluding hydrogens is 362 g/mol. The molecule has 2 unspecified atom stereocenters. The van der Waals surface area contributed by atoms with Gasteiger partial charge in [0.2, 0.25) is 0 Å². The number of nitrogens with zero attached hydrogens (tertiary/aromatic N) is 1. The average molecular weight is 390 g/mol. The minimum absolute atomic E-state index is 0.260. The van der Waals surface area contributed by atoms with Crippen LogP contribution in [0.25, 0.3) is 0 Å². The molecule has 1 aliphatic carbocycles. The lowest BCUT2D eigenvalue weighted by Crippen LogP contribution is -2.38. The van der Waals surface area contributed by atoms with E-state index in [9.17, 15) is 9.59 Å². The van der Waals surface area contributed by atoms with Crippen molar-refractivity contribution >= 4 is 23.8 Å². The molecular formula is C21H27NO4S. The molecule has 1 saturated carbocycles. The van der Waals surface area contributed by atoms with E-state index in [0.29, 0.717) is 24.8 Å². The molecule has 146 valence electrons. The zero-order chi connectivity index (χ0) is 19.6. The number of carbonyl (C=O) groups excluding carboxylic acids is 2. The second-order valence-corrected chi connectivity index (χ2v) is 9.32. The van der Waals surface area contributed by atoms with Gasteiger partial charge in [-0.3, -0.25) is 4.79 Å². The van der Waals surface area contributed by atoms with Crippen LogP contribution in [0.3, 0.4) is 0 Å². The van der Waals surface area contributed by atoms with Crippen molar-refractivity contribution in [2.24, 2.45) is 5.92 Å². The lowest BCUT2D eigenvalue weighted by molar-refractivity contribution is -0.148. The zero-order valence-electron chi connectivity index (χ0n) is 16.4. The number of thioether (sulfide) groups is 1. The Hall–Kier alpha value is -1.87. The number of esters is 1. The molecule has 2 fully saturated rings. The van der Waals surface area contributed by atoms with Crippen LogP contribution >= 0.6 is 11.8 Å². The zero-order valence-corrected chi connectivity index (χ0v) is 17.2. The molecule has 2 atom stereocenters. The van der Waals surface area contributed by atoms with Crippen LogP contribution in [-0.4, -0.2) is 41.0 Å². The van der Waals surface area contributed by atoms with Gasteiger partial charge in [0.15, 0.2) is 0 Å². The van der Waals surface area contributed by atoms with E-state index in [-0.39, 0.29) is 5.97 Å². The summed E-state index contributed by atoms with van der Waals surface area (Å²) in [6.07, 6.45) is 2.57. The Bertz CT molecular complexity index is 696. The molecule has 5 nitrogen and oxygen atoms in total. The highest BCUT2D eigenvalue weighted by Crippen LogP contribution is 2.46. The number of hydrogen-bond acceptors (Lipinski definition) is 5. The van der Waals surface area contributed by atoms with E-state index in [1.807, 2.05) is 32.9 Å². The summed E-state index contributed by atoms with van der Waals surface area (Å²) in [6, 6.07) is 9.38. The predicted octanol–water partition coefficient (Wildman–Crippen LogP) is 4.40. The summed E-state index contributed by atoms with van der Waals surface area (Å²) in [4.78, 5) is 28.2. The number of carbonyl (C=O) groups is 2. The molecule has 6 heteroatoms. The maximum atomic E-state index is 12.8. The first kappa shape index (κ1) is 19.9. The Morgan fingerprint density at radius 1 is 1.22 bits per heavy atom. The van der Waals surface area contributed by atoms with E-state index >= 15 is 0 Å². The standard InChI is InChI=1S/C21H27NO4S/c1-5-25-19(23)16-12-13-22(20(24)26-21(2,3)4)18(16)15-8-6-7-9-17(15)27-14-10-11-14/h8-9,14,16,18H,5,10-13H2,1-4H3. The summed E-state index contributed by atoms with van der Waals surface area (Å²) in [5, 5.41) is 0.608. The van der Waals surface area contributed by atoms with Gasteiger partial charge in [-0.25, -0.2) is 4.79 Å². The Morgan fingerprint density at radius 3 is 2.56 bits per heavy atom. The molecule has 0 aromatic heterocycles. The third kappa shape index (κ3) is 4.90. The first-order chi connectivity index (χ1) is 12.8. The number of amides is 1.